The van der Waals surface area contributed by atoms with Crippen LogP contribution >= 0.6 is 0 Å². The number of rotatable bonds is 5. The van der Waals surface area contributed by atoms with E-state index < -0.39 is 17.3 Å². The highest BCUT2D eigenvalue weighted by atomic mass is 19.3. The standard InChI is InChI=1S/C26H28F2N2O3/c1-16-13-22(33-2)20(19-8-11-29-23(16)19)14-30-12-10-25(15-26(25,27)28)9-7-21(30)17-3-5-18(6-4-17)24(31)32/h3-6,8,11,13,21,29H,7,9-10,12,14-15H2,1-2H3,(H,31,32). The summed E-state index contributed by atoms with van der Waals surface area (Å²) in [5, 5.41) is 10.3. The molecule has 1 spiro atoms. The van der Waals surface area contributed by atoms with E-state index in [1.165, 1.54) is 0 Å². The summed E-state index contributed by atoms with van der Waals surface area (Å²) < 4.78 is 34.3. The fourth-order valence-corrected chi connectivity index (χ4v) is 5.56. The van der Waals surface area contributed by atoms with Gasteiger partial charge in [0.1, 0.15) is 5.75 Å². The number of benzene rings is 2. The Morgan fingerprint density at radius 2 is 1.97 bits per heavy atom. The molecule has 0 bridgehead atoms. The highest BCUT2D eigenvalue weighted by Crippen LogP contribution is 2.66. The summed E-state index contributed by atoms with van der Waals surface area (Å²) in [6, 6.07) is 10.8. The first-order valence-corrected chi connectivity index (χ1v) is 11.3. The molecule has 33 heavy (non-hydrogen) atoms. The zero-order chi connectivity index (χ0) is 23.4. The van der Waals surface area contributed by atoms with Crippen LogP contribution in [-0.4, -0.2) is 40.5 Å². The highest BCUT2D eigenvalue weighted by molar-refractivity contribution is 5.88. The molecule has 1 saturated heterocycles. The molecule has 2 unspecified atom stereocenters. The summed E-state index contributed by atoms with van der Waals surface area (Å²) in [7, 11) is 1.65. The predicted octanol–water partition coefficient (Wildman–Crippen LogP) is 5.94. The van der Waals surface area contributed by atoms with Gasteiger partial charge in [0, 0.05) is 47.1 Å². The number of fused-ring (bicyclic) bond motifs is 1. The third kappa shape index (κ3) is 3.68. The van der Waals surface area contributed by atoms with Crippen LogP contribution in [0.5, 0.6) is 5.75 Å². The summed E-state index contributed by atoms with van der Waals surface area (Å²) >= 11 is 0. The molecule has 2 atom stereocenters. The van der Waals surface area contributed by atoms with Crippen molar-refractivity contribution in [2.45, 2.75) is 51.1 Å². The van der Waals surface area contributed by atoms with Crippen LogP contribution in [0.4, 0.5) is 8.78 Å². The topological polar surface area (TPSA) is 65.6 Å². The van der Waals surface area contributed by atoms with Crippen molar-refractivity contribution in [1.82, 2.24) is 9.88 Å². The molecule has 2 fully saturated rings. The summed E-state index contributed by atoms with van der Waals surface area (Å²) in [6.45, 7) is 3.14. The van der Waals surface area contributed by atoms with Crippen molar-refractivity contribution >= 4 is 16.9 Å². The molecule has 174 valence electrons. The number of H-pyrrole nitrogens is 1. The zero-order valence-corrected chi connectivity index (χ0v) is 18.8. The number of carboxylic acid groups (broad SMARTS) is 1. The van der Waals surface area contributed by atoms with Crippen LogP contribution in [0.25, 0.3) is 10.9 Å². The van der Waals surface area contributed by atoms with Gasteiger partial charge in [0.2, 0.25) is 0 Å². The fraction of sp³-hybridized carbons (Fsp3) is 0.423. The number of nitrogens with one attached hydrogen (secondary N) is 1. The van der Waals surface area contributed by atoms with Crippen molar-refractivity contribution in [3.8, 4) is 5.75 Å². The lowest BCUT2D eigenvalue weighted by Gasteiger charge is -2.31. The van der Waals surface area contributed by atoms with Crippen molar-refractivity contribution in [3.05, 3.63) is 64.8 Å². The average molecular weight is 455 g/mol. The smallest absolute Gasteiger partial charge is 0.335 e. The quantitative estimate of drug-likeness (QED) is 0.501. The van der Waals surface area contributed by atoms with E-state index >= 15 is 0 Å². The van der Waals surface area contributed by atoms with Gasteiger partial charge >= 0.3 is 5.97 Å². The molecule has 5 rings (SSSR count). The number of aromatic amines is 1. The SMILES string of the molecule is COc1cc(C)c2[nH]ccc2c1CN1CCC2(CCC1c1ccc(C(=O)O)cc1)CC2(F)F. The summed E-state index contributed by atoms with van der Waals surface area (Å²) in [4.78, 5) is 16.9. The van der Waals surface area contributed by atoms with E-state index in [9.17, 15) is 18.7 Å². The number of methoxy groups -OCH3 is 1. The molecule has 1 saturated carbocycles. The molecule has 3 aromatic rings. The number of hydrogen-bond donors (Lipinski definition) is 2. The van der Waals surface area contributed by atoms with E-state index in [0.29, 0.717) is 32.4 Å². The monoisotopic (exact) mass is 454 g/mol. The Hall–Kier alpha value is -2.93. The summed E-state index contributed by atoms with van der Waals surface area (Å²) in [5.74, 6) is -2.78. The Labute approximate surface area is 191 Å². The van der Waals surface area contributed by atoms with Crippen LogP contribution in [0.2, 0.25) is 0 Å². The number of nitrogens with zero attached hydrogens (tertiary/aromatic N) is 1. The number of carbonyl (C=O) groups is 1. The Morgan fingerprint density at radius 1 is 1.24 bits per heavy atom. The first-order valence-electron chi connectivity index (χ1n) is 11.3. The normalized spacial score (nSPS) is 24.7. The molecular weight excluding hydrogens is 426 g/mol. The number of aryl methyl sites for hydroxylation is 1. The largest absolute Gasteiger partial charge is 0.496 e. The van der Waals surface area contributed by atoms with Gasteiger partial charge in [-0.2, -0.15) is 0 Å². The Morgan fingerprint density at radius 3 is 2.61 bits per heavy atom. The fourth-order valence-electron chi connectivity index (χ4n) is 5.56. The van der Waals surface area contributed by atoms with Crippen molar-refractivity contribution in [1.29, 1.82) is 0 Å². The van der Waals surface area contributed by atoms with Crippen LogP contribution in [-0.2, 0) is 6.54 Å². The number of likely N-dealkylation sites (tertiary alicyclic amines) is 1. The molecule has 0 radical (unpaired) electrons. The van der Waals surface area contributed by atoms with Gasteiger partial charge in [-0.25, -0.2) is 13.6 Å². The number of aromatic nitrogens is 1. The predicted molar refractivity (Wildman–Crippen MR) is 122 cm³/mol. The second-order valence-corrected chi connectivity index (χ2v) is 9.50. The third-order valence-corrected chi connectivity index (χ3v) is 7.66. The van der Waals surface area contributed by atoms with E-state index in [0.717, 1.165) is 33.3 Å². The molecule has 2 heterocycles. The third-order valence-electron chi connectivity index (χ3n) is 7.66. The van der Waals surface area contributed by atoms with Gasteiger partial charge in [0.15, 0.2) is 0 Å². The number of aromatic carboxylic acids is 1. The lowest BCUT2D eigenvalue weighted by Crippen LogP contribution is -2.29. The van der Waals surface area contributed by atoms with Crippen LogP contribution < -0.4 is 4.74 Å². The molecular formula is C26H28F2N2O3. The number of ether oxygens (including phenoxy) is 1. The summed E-state index contributed by atoms with van der Waals surface area (Å²) in [5.41, 5.74) is 3.44. The Kier molecular flexibility index (Phi) is 5.20. The van der Waals surface area contributed by atoms with Gasteiger partial charge in [0.05, 0.1) is 12.7 Å². The second kappa shape index (κ2) is 7.83. The van der Waals surface area contributed by atoms with Crippen LogP contribution in [0, 0.1) is 12.3 Å². The van der Waals surface area contributed by atoms with Crippen LogP contribution in [0.15, 0.2) is 42.6 Å². The first-order chi connectivity index (χ1) is 15.7. The Bertz CT molecular complexity index is 1200. The molecule has 0 amide bonds. The van der Waals surface area contributed by atoms with Crippen LogP contribution in [0.3, 0.4) is 0 Å². The molecule has 2 N–H and O–H groups in total. The van der Waals surface area contributed by atoms with Gasteiger partial charge in [-0.15, -0.1) is 0 Å². The van der Waals surface area contributed by atoms with E-state index in [1.54, 1.807) is 19.2 Å². The van der Waals surface area contributed by atoms with Gasteiger partial charge in [0.25, 0.3) is 5.92 Å². The first kappa shape index (κ1) is 21.9. The van der Waals surface area contributed by atoms with E-state index in [-0.39, 0.29) is 18.0 Å². The minimum absolute atomic E-state index is 0.0333. The van der Waals surface area contributed by atoms with Crippen molar-refractivity contribution in [2.24, 2.45) is 5.41 Å². The number of alkyl halides is 2. The lowest BCUT2D eigenvalue weighted by molar-refractivity contribution is 0.0574. The summed E-state index contributed by atoms with van der Waals surface area (Å²) in [6.07, 6.45) is 3.40. The van der Waals surface area contributed by atoms with Gasteiger partial charge < -0.3 is 14.8 Å². The Balaban J connectivity index is 1.53. The van der Waals surface area contributed by atoms with E-state index in [1.807, 2.05) is 37.4 Å². The number of carboxylic acids is 1. The van der Waals surface area contributed by atoms with Crippen molar-refractivity contribution < 1.29 is 23.4 Å². The molecule has 7 heteroatoms. The molecule has 1 aliphatic carbocycles. The molecule has 5 nitrogen and oxygen atoms in total. The lowest BCUT2D eigenvalue weighted by atomic mass is 9.93. The van der Waals surface area contributed by atoms with Crippen LogP contribution in [0.1, 0.15) is 58.8 Å². The van der Waals surface area contributed by atoms with Gasteiger partial charge in [-0.1, -0.05) is 12.1 Å². The van der Waals surface area contributed by atoms with Gasteiger partial charge in [-0.05, 0) is 68.1 Å². The minimum atomic E-state index is -2.59. The zero-order valence-electron chi connectivity index (χ0n) is 18.8. The van der Waals surface area contributed by atoms with E-state index in [4.69, 9.17) is 4.74 Å². The molecule has 2 aliphatic rings. The minimum Gasteiger partial charge on any atom is -0.496 e. The maximum atomic E-state index is 14.3. The van der Waals surface area contributed by atoms with Gasteiger partial charge in [-0.3, -0.25) is 4.90 Å². The molecule has 1 aliphatic heterocycles. The maximum absolute atomic E-state index is 14.3. The molecule has 2 aromatic carbocycles. The number of halogens is 2. The number of hydrogen-bond acceptors (Lipinski definition) is 3. The maximum Gasteiger partial charge on any atom is 0.335 e. The van der Waals surface area contributed by atoms with Crippen molar-refractivity contribution in [3.63, 3.8) is 0 Å². The molecule has 1 aromatic heterocycles. The van der Waals surface area contributed by atoms with Crippen molar-refractivity contribution in [2.75, 3.05) is 13.7 Å². The van der Waals surface area contributed by atoms with E-state index in [2.05, 4.69) is 9.88 Å². The second-order valence-electron chi connectivity index (χ2n) is 9.50. The average Bonchev–Trinajstić information content (AvgIpc) is 3.11. The highest BCUT2D eigenvalue weighted by Gasteiger charge is 2.70.